The maximum atomic E-state index is 13.9. The molecular formula is C13H16BrFN2O2. The summed E-state index contributed by atoms with van der Waals surface area (Å²) in [5, 5.41) is 0. The van der Waals surface area contributed by atoms with Gasteiger partial charge in [0.15, 0.2) is 0 Å². The number of carbonyl (C=O) groups is 2. The Labute approximate surface area is 119 Å². The third-order valence-electron chi connectivity index (χ3n) is 2.60. The van der Waals surface area contributed by atoms with Crippen molar-refractivity contribution < 1.29 is 14.0 Å². The molecule has 2 N–H and O–H groups in total. The lowest BCUT2D eigenvalue weighted by Crippen LogP contribution is -2.39. The van der Waals surface area contributed by atoms with Crippen molar-refractivity contribution >= 4 is 27.7 Å². The van der Waals surface area contributed by atoms with Gasteiger partial charge in [0.1, 0.15) is 5.82 Å². The minimum absolute atomic E-state index is 0.0632. The lowest BCUT2D eigenvalue weighted by molar-refractivity contribution is -0.118. The zero-order chi connectivity index (χ0) is 14.4. The van der Waals surface area contributed by atoms with E-state index in [1.807, 2.05) is 6.92 Å². The van der Waals surface area contributed by atoms with Crippen molar-refractivity contribution in [2.24, 2.45) is 5.73 Å². The molecule has 0 aliphatic rings. The standard InChI is InChI=1S/C13H16BrFN2O2/c1-2-3-7-17(8-11(16)18)13(19)9-5-4-6-10(14)12(9)15/h4-6H,2-3,7-8H2,1H3,(H2,16,18). The number of hydrogen-bond acceptors (Lipinski definition) is 2. The number of nitrogens with zero attached hydrogens (tertiary/aromatic N) is 1. The van der Waals surface area contributed by atoms with Crippen molar-refractivity contribution in [2.75, 3.05) is 13.1 Å². The molecule has 4 nitrogen and oxygen atoms in total. The van der Waals surface area contributed by atoms with Crippen molar-refractivity contribution in [3.8, 4) is 0 Å². The first-order valence-electron chi connectivity index (χ1n) is 5.99. The van der Waals surface area contributed by atoms with E-state index in [-0.39, 0.29) is 16.6 Å². The number of halogens is 2. The van der Waals surface area contributed by atoms with Crippen LogP contribution < -0.4 is 5.73 Å². The molecule has 0 fully saturated rings. The summed E-state index contributed by atoms with van der Waals surface area (Å²) in [6, 6.07) is 4.47. The zero-order valence-electron chi connectivity index (χ0n) is 10.7. The summed E-state index contributed by atoms with van der Waals surface area (Å²) in [5.41, 5.74) is 5.05. The van der Waals surface area contributed by atoms with Gasteiger partial charge < -0.3 is 10.6 Å². The van der Waals surface area contributed by atoms with Gasteiger partial charge in [-0.1, -0.05) is 19.4 Å². The number of unbranched alkanes of at least 4 members (excludes halogenated alkanes) is 1. The fourth-order valence-corrected chi connectivity index (χ4v) is 2.00. The maximum Gasteiger partial charge on any atom is 0.257 e. The lowest BCUT2D eigenvalue weighted by atomic mass is 10.1. The van der Waals surface area contributed by atoms with E-state index in [1.165, 1.54) is 17.0 Å². The minimum Gasteiger partial charge on any atom is -0.368 e. The molecule has 1 aromatic carbocycles. The summed E-state index contributed by atoms with van der Waals surface area (Å²) in [7, 11) is 0. The van der Waals surface area contributed by atoms with Gasteiger partial charge in [0.2, 0.25) is 5.91 Å². The van der Waals surface area contributed by atoms with E-state index < -0.39 is 17.6 Å². The Morgan fingerprint density at radius 1 is 1.42 bits per heavy atom. The summed E-state index contributed by atoms with van der Waals surface area (Å²) < 4.78 is 14.1. The highest BCUT2D eigenvalue weighted by Crippen LogP contribution is 2.20. The lowest BCUT2D eigenvalue weighted by Gasteiger charge is -2.21. The molecule has 0 heterocycles. The third-order valence-corrected chi connectivity index (χ3v) is 3.21. The van der Waals surface area contributed by atoms with Crippen LogP contribution in [0, 0.1) is 5.82 Å². The molecule has 19 heavy (non-hydrogen) atoms. The average molecular weight is 331 g/mol. The van der Waals surface area contributed by atoms with Gasteiger partial charge in [0.05, 0.1) is 16.6 Å². The number of nitrogens with two attached hydrogens (primary N) is 1. The fourth-order valence-electron chi connectivity index (χ4n) is 1.63. The Kier molecular flexibility index (Phi) is 5.95. The van der Waals surface area contributed by atoms with Crippen LogP contribution in [-0.2, 0) is 4.79 Å². The van der Waals surface area contributed by atoms with Crippen LogP contribution in [0.1, 0.15) is 30.1 Å². The molecule has 0 aromatic heterocycles. The van der Waals surface area contributed by atoms with E-state index >= 15 is 0 Å². The number of amides is 2. The Balaban J connectivity index is 2.97. The second-order valence-electron chi connectivity index (χ2n) is 4.15. The zero-order valence-corrected chi connectivity index (χ0v) is 12.2. The SMILES string of the molecule is CCCCN(CC(N)=O)C(=O)c1cccc(Br)c1F. The average Bonchev–Trinajstić information content (AvgIpc) is 2.36. The number of benzene rings is 1. The molecule has 0 bridgehead atoms. The molecule has 0 spiro atoms. The summed E-state index contributed by atoms with van der Waals surface area (Å²) in [5.74, 6) is -1.76. The topological polar surface area (TPSA) is 63.4 Å². The second-order valence-corrected chi connectivity index (χ2v) is 5.00. The van der Waals surface area contributed by atoms with Crippen molar-refractivity contribution in [1.29, 1.82) is 0 Å². The maximum absolute atomic E-state index is 13.9. The van der Waals surface area contributed by atoms with Gasteiger partial charge in [0.25, 0.3) is 5.91 Å². The van der Waals surface area contributed by atoms with Crippen LogP contribution in [0.5, 0.6) is 0 Å². The molecule has 0 saturated carbocycles. The number of carbonyl (C=O) groups excluding carboxylic acids is 2. The van der Waals surface area contributed by atoms with Crippen LogP contribution in [0.4, 0.5) is 4.39 Å². The van der Waals surface area contributed by atoms with Crippen molar-refractivity contribution in [2.45, 2.75) is 19.8 Å². The van der Waals surface area contributed by atoms with Crippen LogP contribution in [-0.4, -0.2) is 29.8 Å². The number of hydrogen-bond donors (Lipinski definition) is 1. The third kappa shape index (κ3) is 4.31. The second kappa shape index (κ2) is 7.23. The van der Waals surface area contributed by atoms with Crippen LogP contribution in [0.2, 0.25) is 0 Å². The van der Waals surface area contributed by atoms with E-state index in [1.54, 1.807) is 6.07 Å². The van der Waals surface area contributed by atoms with Gasteiger partial charge in [-0.15, -0.1) is 0 Å². The first-order valence-corrected chi connectivity index (χ1v) is 6.78. The normalized spacial score (nSPS) is 10.3. The predicted molar refractivity (Wildman–Crippen MR) is 74.1 cm³/mol. The summed E-state index contributed by atoms with van der Waals surface area (Å²) >= 11 is 3.03. The van der Waals surface area contributed by atoms with Gasteiger partial charge in [-0.3, -0.25) is 9.59 Å². The molecule has 0 atom stereocenters. The molecule has 0 aliphatic carbocycles. The monoisotopic (exact) mass is 330 g/mol. The Bertz CT molecular complexity index is 480. The van der Waals surface area contributed by atoms with E-state index in [4.69, 9.17) is 5.73 Å². The van der Waals surface area contributed by atoms with Gasteiger partial charge in [-0.25, -0.2) is 4.39 Å². The van der Waals surface area contributed by atoms with Gasteiger partial charge in [-0.05, 0) is 34.5 Å². The smallest absolute Gasteiger partial charge is 0.257 e. The molecule has 1 aromatic rings. The highest BCUT2D eigenvalue weighted by Gasteiger charge is 2.21. The molecule has 2 amide bonds. The Morgan fingerprint density at radius 3 is 2.68 bits per heavy atom. The van der Waals surface area contributed by atoms with Gasteiger partial charge in [-0.2, -0.15) is 0 Å². The van der Waals surface area contributed by atoms with Crippen LogP contribution in [0.15, 0.2) is 22.7 Å². The molecular weight excluding hydrogens is 315 g/mol. The summed E-state index contributed by atoms with van der Waals surface area (Å²) in [6.45, 7) is 2.14. The van der Waals surface area contributed by atoms with Crippen LogP contribution in [0.3, 0.4) is 0 Å². The van der Waals surface area contributed by atoms with Crippen molar-refractivity contribution in [1.82, 2.24) is 4.90 Å². The molecule has 6 heteroatoms. The highest BCUT2D eigenvalue weighted by molar-refractivity contribution is 9.10. The molecule has 0 saturated heterocycles. The first kappa shape index (κ1) is 15.6. The van der Waals surface area contributed by atoms with E-state index in [0.717, 1.165) is 12.8 Å². The summed E-state index contributed by atoms with van der Waals surface area (Å²) in [4.78, 5) is 24.5. The Morgan fingerprint density at radius 2 is 2.11 bits per heavy atom. The quantitative estimate of drug-likeness (QED) is 0.869. The minimum atomic E-state index is -0.626. The molecule has 0 aliphatic heterocycles. The largest absolute Gasteiger partial charge is 0.368 e. The van der Waals surface area contributed by atoms with E-state index in [2.05, 4.69) is 15.9 Å². The summed E-state index contributed by atoms with van der Waals surface area (Å²) in [6.07, 6.45) is 1.60. The van der Waals surface area contributed by atoms with Crippen LogP contribution >= 0.6 is 15.9 Å². The van der Waals surface area contributed by atoms with Gasteiger partial charge >= 0.3 is 0 Å². The van der Waals surface area contributed by atoms with Crippen molar-refractivity contribution in [3.05, 3.63) is 34.1 Å². The van der Waals surface area contributed by atoms with E-state index in [0.29, 0.717) is 6.54 Å². The molecule has 0 unspecified atom stereocenters. The van der Waals surface area contributed by atoms with E-state index in [9.17, 15) is 14.0 Å². The molecule has 104 valence electrons. The molecule has 1 rings (SSSR count). The Hall–Kier alpha value is -1.43. The van der Waals surface area contributed by atoms with Crippen LogP contribution in [0.25, 0.3) is 0 Å². The highest BCUT2D eigenvalue weighted by atomic mass is 79.9. The number of primary amides is 1. The van der Waals surface area contributed by atoms with Crippen molar-refractivity contribution in [3.63, 3.8) is 0 Å². The first-order chi connectivity index (χ1) is 8.97. The number of rotatable bonds is 6. The molecule has 0 radical (unpaired) electrons. The fraction of sp³-hybridized carbons (Fsp3) is 0.385. The predicted octanol–water partition coefficient (Wildman–Crippen LogP) is 2.32. The van der Waals surface area contributed by atoms with Gasteiger partial charge in [0, 0.05) is 6.54 Å².